The number of amides is 3. The predicted molar refractivity (Wildman–Crippen MR) is 100 cm³/mol. The van der Waals surface area contributed by atoms with E-state index < -0.39 is 0 Å². The molecule has 1 fully saturated rings. The van der Waals surface area contributed by atoms with Gasteiger partial charge in [-0.15, -0.1) is 0 Å². The third-order valence-corrected chi connectivity index (χ3v) is 4.50. The summed E-state index contributed by atoms with van der Waals surface area (Å²) in [5, 5.41) is 10.2. The molecule has 1 atom stereocenters. The van der Waals surface area contributed by atoms with Gasteiger partial charge in [-0.1, -0.05) is 6.92 Å². The van der Waals surface area contributed by atoms with E-state index in [1.165, 1.54) is 0 Å². The summed E-state index contributed by atoms with van der Waals surface area (Å²) in [5.74, 6) is 0.159. The van der Waals surface area contributed by atoms with E-state index in [1.54, 1.807) is 29.2 Å². The largest absolute Gasteiger partial charge is 0.352 e. The number of benzene rings is 1. The number of hydrogen-bond acceptors (Lipinski definition) is 3. The van der Waals surface area contributed by atoms with Crippen molar-refractivity contribution in [3.8, 4) is 0 Å². The van der Waals surface area contributed by atoms with Gasteiger partial charge in [0.05, 0.1) is 5.69 Å². The van der Waals surface area contributed by atoms with Crippen molar-refractivity contribution in [2.24, 2.45) is 5.92 Å². The van der Waals surface area contributed by atoms with Gasteiger partial charge in [-0.3, -0.25) is 14.4 Å². The minimum Gasteiger partial charge on any atom is -0.352 e. The Bertz CT molecular complexity index is 797. The van der Waals surface area contributed by atoms with Crippen molar-refractivity contribution in [3.05, 3.63) is 47.3 Å². The molecule has 0 bridgehead atoms. The molecule has 0 radical (unpaired) electrons. The van der Waals surface area contributed by atoms with Crippen LogP contribution in [0.3, 0.4) is 0 Å². The Balaban J connectivity index is 1.53. The van der Waals surface area contributed by atoms with Crippen molar-refractivity contribution in [3.63, 3.8) is 0 Å². The van der Waals surface area contributed by atoms with Gasteiger partial charge in [0, 0.05) is 43.1 Å². The first-order valence-electron chi connectivity index (χ1n) is 8.88. The van der Waals surface area contributed by atoms with Crippen LogP contribution in [0.1, 0.15) is 28.7 Å². The Morgan fingerprint density at radius 3 is 2.62 bits per heavy atom. The third-order valence-electron chi connectivity index (χ3n) is 4.50. The summed E-state index contributed by atoms with van der Waals surface area (Å²) in [6, 6.07) is 9.07. The van der Waals surface area contributed by atoms with E-state index in [0.29, 0.717) is 25.2 Å². The van der Waals surface area contributed by atoms with Gasteiger partial charge < -0.3 is 10.6 Å². The molecular formula is C19H25N5O2. The van der Waals surface area contributed by atoms with Crippen molar-refractivity contribution in [1.29, 1.82) is 0 Å². The maximum atomic E-state index is 12.3. The molecule has 3 rings (SSSR count). The Labute approximate surface area is 153 Å². The van der Waals surface area contributed by atoms with Crippen molar-refractivity contribution in [2.45, 2.75) is 27.3 Å². The van der Waals surface area contributed by atoms with Crippen LogP contribution in [0.15, 0.2) is 30.3 Å². The highest BCUT2D eigenvalue weighted by molar-refractivity contribution is 5.96. The average molecular weight is 355 g/mol. The minimum atomic E-state index is -0.109. The molecule has 138 valence electrons. The smallest absolute Gasteiger partial charge is 0.321 e. The van der Waals surface area contributed by atoms with E-state index in [2.05, 4.69) is 22.7 Å². The number of anilines is 1. The highest BCUT2D eigenvalue weighted by Crippen LogP contribution is 2.17. The third kappa shape index (κ3) is 4.04. The summed E-state index contributed by atoms with van der Waals surface area (Å²) in [6.45, 7) is 8.74. The van der Waals surface area contributed by atoms with Crippen LogP contribution < -0.4 is 15.5 Å². The molecule has 3 amide bonds. The normalized spacial score (nSPS) is 15.0. The fraction of sp³-hybridized carbons (Fsp3) is 0.421. The Morgan fingerprint density at radius 2 is 2.04 bits per heavy atom. The number of carbonyl (C=O) groups excluding carboxylic acids is 2. The fourth-order valence-corrected chi connectivity index (χ4v) is 3.10. The van der Waals surface area contributed by atoms with Crippen molar-refractivity contribution in [2.75, 3.05) is 24.5 Å². The molecule has 7 nitrogen and oxygen atoms in total. The van der Waals surface area contributed by atoms with Gasteiger partial charge in [-0.2, -0.15) is 5.10 Å². The molecule has 2 N–H and O–H groups in total. The monoisotopic (exact) mass is 355 g/mol. The lowest BCUT2D eigenvalue weighted by atomic mass is 10.1. The lowest BCUT2D eigenvalue weighted by Crippen LogP contribution is -2.30. The van der Waals surface area contributed by atoms with Crippen LogP contribution >= 0.6 is 0 Å². The second-order valence-corrected chi connectivity index (χ2v) is 6.85. The predicted octanol–water partition coefficient (Wildman–Crippen LogP) is 2.10. The maximum Gasteiger partial charge on any atom is 0.321 e. The molecule has 1 aliphatic rings. The van der Waals surface area contributed by atoms with E-state index in [4.69, 9.17) is 0 Å². The molecule has 1 unspecified atom stereocenters. The van der Waals surface area contributed by atoms with Gasteiger partial charge in [0.15, 0.2) is 0 Å². The summed E-state index contributed by atoms with van der Waals surface area (Å²) in [7, 11) is 0. The number of aryl methyl sites for hydroxylation is 2. The van der Waals surface area contributed by atoms with Crippen LogP contribution in [0.2, 0.25) is 0 Å². The molecule has 0 spiro atoms. The zero-order valence-corrected chi connectivity index (χ0v) is 15.5. The number of aromatic nitrogens is 2. The molecule has 1 saturated heterocycles. The van der Waals surface area contributed by atoms with E-state index in [9.17, 15) is 9.59 Å². The number of hydrogen-bond donors (Lipinski definition) is 2. The Hall–Kier alpha value is -2.83. The van der Waals surface area contributed by atoms with Crippen molar-refractivity contribution >= 4 is 17.6 Å². The van der Waals surface area contributed by atoms with Gasteiger partial charge in [-0.25, -0.2) is 4.79 Å². The number of carbonyl (C=O) groups is 2. The standard InChI is InChI=1S/C19H25N5O2/c1-13(12-24-15(3)10-14(2)22-24)11-21-18(25)16-4-6-17(7-5-16)23-9-8-20-19(23)26/h4-7,10,13H,8-9,11-12H2,1-3H3,(H,20,26)(H,21,25). The first-order valence-corrected chi connectivity index (χ1v) is 8.88. The highest BCUT2D eigenvalue weighted by Gasteiger charge is 2.21. The van der Waals surface area contributed by atoms with Gasteiger partial charge in [-0.05, 0) is 50.1 Å². The van der Waals surface area contributed by atoms with E-state index in [-0.39, 0.29) is 17.9 Å². The van der Waals surface area contributed by atoms with Crippen molar-refractivity contribution < 1.29 is 9.59 Å². The van der Waals surface area contributed by atoms with Crippen LogP contribution in [0, 0.1) is 19.8 Å². The quantitative estimate of drug-likeness (QED) is 0.833. The molecule has 7 heteroatoms. The number of nitrogens with zero attached hydrogens (tertiary/aromatic N) is 3. The summed E-state index contributed by atoms with van der Waals surface area (Å²) in [4.78, 5) is 25.7. The van der Waals surface area contributed by atoms with Gasteiger partial charge in [0.1, 0.15) is 0 Å². The molecule has 2 aromatic rings. The summed E-state index contributed by atoms with van der Waals surface area (Å²) in [6.07, 6.45) is 0. The summed E-state index contributed by atoms with van der Waals surface area (Å²) in [5.41, 5.74) is 3.52. The second-order valence-electron chi connectivity index (χ2n) is 6.85. The molecule has 26 heavy (non-hydrogen) atoms. The number of nitrogens with one attached hydrogen (secondary N) is 2. The molecular weight excluding hydrogens is 330 g/mol. The zero-order chi connectivity index (χ0) is 18.7. The topological polar surface area (TPSA) is 79.3 Å². The number of urea groups is 1. The maximum absolute atomic E-state index is 12.3. The first kappa shape index (κ1) is 18.0. The van der Waals surface area contributed by atoms with Crippen LogP contribution in [-0.4, -0.2) is 41.4 Å². The fourth-order valence-electron chi connectivity index (χ4n) is 3.10. The lowest BCUT2D eigenvalue weighted by Gasteiger charge is -2.16. The van der Waals surface area contributed by atoms with Crippen LogP contribution in [-0.2, 0) is 6.54 Å². The average Bonchev–Trinajstić information content (AvgIpc) is 3.18. The molecule has 1 aliphatic heterocycles. The molecule has 2 heterocycles. The highest BCUT2D eigenvalue weighted by atomic mass is 16.2. The Kier molecular flexibility index (Phi) is 5.25. The minimum absolute atomic E-state index is 0.0971. The molecule has 1 aromatic carbocycles. The summed E-state index contributed by atoms with van der Waals surface area (Å²) >= 11 is 0. The van der Waals surface area contributed by atoms with Gasteiger partial charge >= 0.3 is 6.03 Å². The van der Waals surface area contributed by atoms with Gasteiger partial charge in [0.2, 0.25) is 0 Å². The molecule has 0 aliphatic carbocycles. The number of rotatable bonds is 6. The van der Waals surface area contributed by atoms with Gasteiger partial charge in [0.25, 0.3) is 5.91 Å². The lowest BCUT2D eigenvalue weighted by molar-refractivity contribution is 0.0946. The summed E-state index contributed by atoms with van der Waals surface area (Å²) < 4.78 is 1.97. The van der Waals surface area contributed by atoms with Crippen LogP contribution in [0.4, 0.5) is 10.5 Å². The molecule has 0 saturated carbocycles. The van der Waals surface area contributed by atoms with Crippen molar-refractivity contribution in [1.82, 2.24) is 20.4 Å². The first-order chi connectivity index (χ1) is 12.4. The van der Waals surface area contributed by atoms with E-state index in [1.807, 2.05) is 24.6 Å². The van der Waals surface area contributed by atoms with Crippen LogP contribution in [0.5, 0.6) is 0 Å². The van der Waals surface area contributed by atoms with E-state index >= 15 is 0 Å². The SMILES string of the molecule is Cc1cc(C)n(CC(C)CNC(=O)c2ccc(N3CCNC3=O)cc2)n1. The van der Waals surface area contributed by atoms with E-state index in [0.717, 1.165) is 23.6 Å². The van der Waals surface area contributed by atoms with Crippen LogP contribution in [0.25, 0.3) is 0 Å². The zero-order valence-electron chi connectivity index (χ0n) is 15.5. The second kappa shape index (κ2) is 7.59. The molecule has 1 aromatic heterocycles. The Morgan fingerprint density at radius 1 is 1.31 bits per heavy atom.